The van der Waals surface area contributed by atoms with Gasteiger partial charge in [0.05, 0.1) is 10.9 Å². The maximum Gasteiger partial charge on any atom is 0.260 e. The molecular weight excluding hydrogens is 190 g/mol. The summed E-state index contributed by atoms with van der Waals surface area (Å²) in [4.78, 5) is 4.35. The topological polar surface area (TPSA) is 64.9 Å². The van der Waals surface area contributed by atoms with Crippen LogP contribution in [0.5, 0.6) is 0 Å². The predicted octanol–water partition coefficient (Wildman–Crippen LogP) is 2.27. The van der Waals surface area contributed by atoms with Crippen LogP contribution in [0.15, 0.2) is 28.8 Å². The van der Waals surface area contributed by atoms with Gasteiger partial charge in [0.25, 0.3) is 5.71 Å². The van der Waals surface area contributed by atoms with Gasteiger partial charge in [-0.2, -0.15) is 0 Å². The SMILES string of the molecule is Cc1ccc2cc3c(N)noc3nc2c1. The van der Waals surface area contributed by atoms with Crippen molar-refractivity contribution >= 4 is 27.8 Å². The number of aryl methyl sites for hydroxylation is 1. The van der Waals surface area contributed by atoms with E-state index in [4.69, 9.17) is 10.3 Å². The summed E-state index contributed by atoms with van der Waals surface area (Å²) in [7, 11) is 0. The van der Waals surface area contributed by atoms with Crippen molar-refractivity contribution in [3.05, 3.63) is 29.8 Å². The van der Waals surface area contributed by atoms with Gasteiger partial charge in [-0.3, -0.25) is 0 Å². The second-order valence-electron chi connectivity index (χ2n) is 3.61. The molecular formula is C11H9N3O. The van der Waals surface area contributed by atoms with Gasteiger partial charge in [-0.05, 0) is 24.6 Å². The third-order valence-corrected chi connectivity index (χ3v) is 2.44. The normalized spacial score (nSPS) is 11.3. The summed E-state index contributed by atoms with van der Waals surface area (Å²) in [6, 6.07) is 8.01. The third kappa shape index (κ3) is 1.15. The zero-order valence-electron chi connectivity index (χ0n) is 8.19. The van der Waals surface area contributed by atoms with E-state index in [9.17, 15) is 0 Å². The minimum Gasteiger partial charge on any atom is -0.380 e. The molecule has 0 bridgehead atoms. The molecule has 1 aromatic carbocycles. The standard InChI is InChI=1S/C11H9N3O/c1-6-2-3-7-5-8-10(12)14-15-11(8)13-9(7)4-6/h2-5H,1H3,(H2,12,14). The van der Waals surface area contributed by atoms with E-state index in [1.165, 1.54) is 5.56 Å². The number of rotatable bonds is 0. The summed E-state index contributed by atoms with van der Waals surface area (Å²) < 4.78 is 5.01. The molecule has 3 rings (SSSR count). The van der Waals surface area contributed by atoms with Crippen LogP contribution in [0.25, 0.3) is 22.0 Å². The summed E-state index contributed by atoms with van der Waals surface area (Å²) in [5.74, 6) is 0.389. The predicted molar refractivity (Wildman–Crippen MR) is 58.5 cm³/mol. The van der Waals surface area contributed by atoms with E-state index in [0.29, 0.717) is 11.5 Å². The van der Waals surface area contributed by atoms with E-state index in [1.54, 1.807) is 0 Å². The first-order valence-electron chi connectivity index (χ1n) is 4.66. The number of anilines is 1. The van der Waals surface area contributed by atoms with Crippen LogP contribution in [0, 0.1) is 6.92 Å². The Bertz CT molecular complexity index is 657. The Morgan fingerprint density at radius 1 is 1.27 bits per heavy atom. The van der Waals surface area contributed by atoms with Gasteiger partial charge in [0.1, 0.15) is 0 Å². The summed E-state index contributed by atoms with van der Waals surface area (Å²) in [5.41, 5.74) is 8.21. The first-order valence-corrected chi connectivity index (χ1v) is 4.66. The molecule has 0 saturated heterocycles. The maximum atomic E-state index is 5.65. The van der Waals surface area contributed by atoms with Crippen LogP contribution in [0.3, 0.4) is 0 Å². The summed E-state index contributed by atoms with van der Waals surface area (Å²) in [5, 5.41) is 5.50. The molecule has 0 spiro atoms. The largest absolute Gasteiger partial charge is 0.380 e. The summed E-state index contributed by atoms with van der Waals surface area (Å²) in [6.45, 7) is 2.03. The molecule has 3 aromatic rings. The minimum atomic E-state index is 0.389. The van der Waals surface area contributed by atoms with Crippen molar-refractivity contribution in [2.75, 3.05) is 5.73 Å². The molecule has 15 heavy (non-hydrogen) atoms. The fourth-order valence-corrected chi connectivity index (χ4v) is 1.65. The minimum absolute atomic E-state index is 0.389. The molecule has 74 valence electrons. The van der Waals surface area contributed by atoms with Crippen molar-refractivity contribution in [1.29, 1.82) is 0 Å². The Morgan fingerprint density at radius 2 is 2.13 bits per heavy atom. The third-order valence-electron chi connectivity index (χ3n) is 2.44. The lowest BCUT2D eigenvalue weighted by molar-refractivity contribution is 0.453. The summed E-state index contributed by atoms with van der Waals surface area (Å²) >= 11 is 0. The van der Waals surface area contributed by atoms with E-state index in [1.807, 2.05) is 31.2 Å². The van der Waals surface area contributed by atoms with Crippen LogP contribution in [0.4, 0.5) is 5.82 Å². The van der Waals surface area contributed by atoms with Gasteiger partial charge in [0.2, 0.25) is 0 Å². The lowest BCUT2D eigenvalue weighted by Gasteiger charge is -1.97. The number of benzene rings is 1. The molecule has 2 aromatic heterocycles. The average molecular weight is 199 g/mol. The molecule has 0 aliphatic heterocycles. The molecule has 0 fully saturated rings. The zero-order valence-corrected chi connectivity index (χ0v) is 8.19. The molecule has 4 nitrogen and oxygen atoms in total. The van der Waals surface area contributed by atoms with E-state index >= 15 is 0 Å². The van der Waals surface area contributed by atoms with Crippen molar-refractivity contribution < 1.29 is 4.52 Å². The number of hydrogen-bond acceptors (Lipinski definition) is 4. The van der Waals surface area contributed by atoms with Crippen LogP contribution < -0.4 is 5.73 Å². The lowest BCUT2D eigenvalue weighted by atomic mass is 10.1. The molecule has 0 saturated carbocycles. The lowest BCUT2D eigenvalue weighted by Crippen LogP contribution is -1.85. The van der Waals surface area contributed by atoms with E-state index in [2.05, 4.69) is 10.1 Å². The van der Waals surface area contributed by atoms with Gasteiger partial charge in [-0.25, -0.2) is 4.98 Å². The van der Waals surface area contributed by atoms with E-state index in [-0.39, 0.29) is 0 Å². The monoisotopic (exact) mass is 199 g/mol. The van der Waals surface area contributed by atoms with Crippen LogP contribution in [-0.4, -0.2) is 10.1 Å². The molecule has 0 aliphatic rings. The van der Waals surface area contributed by atoms with Gasteiger partial charge in [-0.1, -0.05) is 17.3 Å². The molecule has 0 amide bonds. The smallest absolute Gasteiger partial charge is 0.260 e. The highest BCUT2D eigenvalue weighted by atomic mass is 16.5. The number of nitrogens with two attached hydrogens (primary N) is 1. The fourth-order valence-electron chi connectivity index (χ4n) is 1.65. The Hall–Kier alpha value is -2.10. The number of aromatic nitrogens is 2. The van der Waals surface area contributed by atoms with E-state index < -0.39 is 0 Å². The number of nitrogen functional groups attached to an aromatic ring is 1. The highest BCUT2D eigenvalue weighted by Gasteiger charge is 2.07. The van der Waals surface area contributed by atoms with Crippen LogP contribution in [-0.2, 0) is 0 Å². The highest BCUT2D eigenvalue weighted by Crippen LogP contribution is 2.23. The highest BCUT2D eigenvalue weighted by molar-refractivity contribution is 5.95. The van der Waals surface area contributed by atoms with Gasteiger partial charge >= 0.3 is 0 Å². The van der Waals surface area contributed by atoms with Crippen LogP contribution in [0.2, 0.25) is 0 Å². The van der Waals surface area contributed by atoms with Crippen molar-refractivity contribution in [2.24, 2.45) is 0 Å². The van der Waals surface area contributed by atoms with Crippen molar-refractivity contribution in [1.82, 2.24) is 10.1 Å². The zero-order chi connectivity index (χ0) is 10.4. The molecule has 2 N–H and O–H groups in total. The van der Waals surface area contributed by atoms with Crippen LogP contribution >= 0.6 is 0 Å². The first kappa shape index (κ1) is 8.23. The molecule has 0 radical (unpaired) electrons. The number of fused-ring (bicyclic) bond motifs is 2. The van der Waals surface area contributed by atoms with E-state index in [0.717, 1.165) is 16.3 Å². The van der Waals surface area contributed by atoms with Gasteiger partial charge in [-0.15, -0.1) is 0 Å². The average Bonchev–Trinajstić information content (AvgIpc) is 2.57. The first-order chi connectivity index (χ1) is 7.24. The quantitative estimate of drug-likeness (QED) is 0.603. The number of hydrogen-bond donors (Lipinski definition) is 1. The number of nitrogens with zero attached hydrogens (tertiary/aromatic N) is 2. The molecule has 2 heterocycles. The Labute approximate surface area is 85.7 Å². The number of pyridine rings is 1. The maximum absolute atomic E-state index is 5.65. The van der Waals surface area contributed by atoms with Gasteiger partial charge < -0.3 is 10.3 Å². The molecule has 0 atom stereocenters. The van der Waals surface area contributed by atoms with Crippen LogP contribution in [0.1, 0.15) is 5.56 Å². The second-order valence-corrected chi connectivity index (χ2v) is 3.61. The van der Waals surface area contributed by atoms with Crippen molar-refractivity contribution in [3.63, 3.8) is 0 Å². The molecule has 0 unspecified atom stereocenters. The van der Waals surface area contributed by atoms with Gasteiger partial charge in [0, 0.05) is 5.39 Å². The molecule has 0 aliphatic carbocycles. The Kier molecular flexibility index (Phi) is 1.48. The Balaban J connectivity index is 2.49. The van der Waals surface area contributed by atoms with Crippen molar-refractivity contribution in [3.8, 4) is 0 Å². The molecule has 4 heteroatoms. The second kappa shape index (κ2) is 2.70. The Morgan fingerprint density at radius 3 is 3.00 bits per heavy atom. The van der Waals surface area contributed by atoms with Gasteiger partial charge in [0.15, 0.2) is 5.82 Å². The summed E-state index contributed by atoms with van der Waals surface area (Å²) in [6.07, 6.45) is 0. The van der Waals surface area contributed by atoms with Crippen molar-refractivity contribution in [2.45, 2.75) is 6.92 Å². The fraction of sp³-hybridized carbons (Fsp3) is 0.0909.